The molecule has 0 aromatic heterocycles. The van der Waals surface area contributed by atoms with Crippen molar-refractivity contribution in [3.8, 4) is 0 Å². The lowest BCUT2D eigenvalue weighted by Gasteiger charge is -2.03. The van der Waals surface area contributed by atoms with E-state index in [1.165, 1.54) is 0 Å². The van der Waals surface area contributed by atoms with Crippen molar-refractivity contribution >= 4 is 21.6 Å². The fourth-order valence-corrected chi connectivity index (χ4v) is 2.19. The first kappa shape index (κ1) is 8.87. The first-order valence-electron chi connectivity index (χ1n) is 3.11. The largest absolute Gasteiger partial charge is 0.228 e. The Labute approximate surface area is 71.3 Å². The summed E-state index contributed by atoms with van der Waals surface area (Å²) in [6.45, 7) is 0. The number of sulfone groups is 1. The van der Waals surface area contributed by atoms with Gasteiger partial charge < -0.3 is 0 Å². The molecule has 0 spiro atoms. The van der Waals surface area contributed by atoms with Gasteiger partial charge in [0.15, 0.2) is 9.84 Å². The van der Waals surface area contributed by atoms with Gasteiger partial charge in [-0.1, -0.05) is 12.2 Å². The summed E-state index contributed by atoms with van der Waals surface area (Å²) in [6.07, 6.45) is 6.78. The van der Waals surface area contributed by atoms with E-state index in [9.17, 15) is 8.42 Å². The molecular weight excluding hydrogens is 180 g/mol. The van der Waals surface area contributed by atoms with Gasteiger partial charge in [-0.25, -0.2) is 8.42 Å². The molecule has 0 saturated carbocycles. The highest BCUT2D eigenvalue weighted by atomic mass is 32.2. The van der Waals surface area contributed by atoms with Crippen molar-refractivity contribution in [2.45, 2.75) is 0 Å². The van der Waals surface area contributed by atoms with E-state index in [-0.39, 0.29) is 5.75 Å². The molecule has 61 valence electrons. The van der Waals surface area contributed by atoms with Gasteiger partial charge in [0.25, 0.3) is 0 Å². The van der Waals surface area contributed by atoms with E-state index >= 15 is 0 Å². The van der Waals surface area contributed by atoms with Crippen LogP contribution in [-0.2, 0) is 9.84 Å². The third-order valence-corrected chi connectivity index (χ3v) is 2.67. The molecule has 1 rings (SSSR count). The zero-order valence-electron chi connectivity index (χ0n) is 5.99. The van der Waals surface area contributed by atoms with Crippen molar-refractivity contribution in [1.82, 2.24) is 0 Å². The molecule has 0 saturated heterocycles. The van der Waals surface area contributed by atoms with Gasteiger partial charge in [0.05, 0.1) is 12.0 Å². The quantitative estimate of drug-likeness (QED) is 0.658. The van der Waals surface area contributed by atoms with Crippen molar-refractivity contribution < 1.29 is 8.42 Å². The van der Waals surface area contributed by atoms with Crippen LogP contribution in [0, 0.1) is 6.26 Å². The molecule has 1 aliphatic heterocycles. The maximum Gasteiger partial charge on any atom is 0.155 e. The van der Waals surface area contributed by atoms with E-state index < -0.39 is 9.84 Å². The summed E-state index contributed by atoms with van der Waals surface area (Å²) >= 11 is 1.65. The van der Waals surface area contributed by atoms with Crippen molar-refractivity contribution in [3.63, 3.8) is 0 Å². The highest BCUT2D eigenvalue weighted by Gasteiger charge is 2.06. The van der Waals surface area contributed by atoms with Gasteiger partial charge in [-0.2, -0.15) is 0 Å². The molecule has 0 aliphatic carbocycles. The molecule has 0 aromatic rings. The zero-order chi connectivity index (χ0) is 8.32. The summed E-state index contributed by atoms with van der Waals surface area (Å²) < 4.78 is 21.4. The second-order valence-electron chi connectivity index (χ2n) is 2.30. The summed E-state index contributed by atoms with van der Waals surface area (Å²) in [4.78, 5) is 0. The third kappa shape index (κ3) is 3.62. The minimum atomic E-state index is -3.10. The lowest BCUT2D eigenvalue weighted by Crippen LogP contribution is -2.03. The van der Waals surface area contributed by atoms with Crippen LogP contribution in [0.15, 0.2) is 23.1 Å². The number of hydrogen-bond donors (Lipinski definition) is 0. The highest BCUT2D eigenvalue weighted by Crippen LogP contribution is 2.14. The summed E-state index contributed by atoms with van der Waals surface area (Å²) in [5.74, 6) is 0.922. The smallest absolute Gasteiger partial charge is 0.155 e. The lowest BCUT2D eigenvalue weighted by molar-refractivity contribution is 0.606. The molecule has 0 N–H and O–H groups in total. The maximum absolute atomic E-state index is 10.7. The molecule has 0 amide bonds. The fraction of sp³-hybridized carbons (Fsp3) is 0.286. The van der Waals surface area contributed by atoms with Crippen LogP contribution in [0.4, 0.5) is 0 Å². The average Bonchev–Trinajstić information content (AvgIpc) is 1.85. The highest BCUT2D eigenvalue weighted by molar-refractivity contribution is 8.02. The molecule has 4 heteroatoms. The molecule has 1 heterocycles. The second kappa shape index (κ2) is 3.45. The molecule has 0 fully saturated rings. The topological polar surface area (TPSA) is 34.1 Å². The van der Waals surface area contributed by atoms with Crippen LogP contribution in [0.25, 0.3) is 0 Å². The normalized spacial score (nSPS) is 18.1. The van der Waals surface area contributed by atoms with E-state index in [4.69, 9.17) is 0 Å². The Morgan fingerprint density at radius 3 is 2.82 bits per heavy atom. The van der Waals surface area contributed by atoms with Crippen LogP contribution in [0.5, 0.6) is 0 Å². The molecule has 0 bridgehead atoms. The van der Waals surface area contributed by atoms with Crippen LogP contribution in [0.1, 0.15) is 0 Å². The van der Waals surface area contributed by atoms with Crippen molar-refractivity contribution in [2.24, 2.45) is 0 Å². The Morgan fingerprint density at radius 1 is 1.64 bits per heavy atom. The standard InChI is InChI=1S/C7H9O2S2/c1-11(8,9)6-7-2-4-10-5-3-7/h2-4H,1,5-6H2. The summed E-state index contributed by atoms with van der Waals surface area (Å²) in [6, 6.07) is 0. The van der Waals surface area contributed by atoms with Gasteiger partial charge in [0.1, 0.15) is 0 Å². The molecule has 0 atom stereocenters. The van der Waals surface area contributed by atoms with Gasteiger partial charge in [-0.05, 0) is 11.0 Å². The van der Waals surface area contributed by atoms with Gasteiger partial charge in [-0.3, -0.25) is 0 Å². The number of rotatable bonds is 2. The van der Waals surface area contributed by atoms with Crippen molar-refractivity contribution in [1.29, 1.82) is 0 Å². The van der Waals surface area contributed by atoms with Gasteiger partial charge >= 0.3 is 0 Å². The summed E-state index contributed by atoms with van der Waals surface area (Å²) in [5.41, 5.74) is 0.846. The molecule has 11 heavy (non-hydrogen) atoms. The lowest BCUT2D eigenvalue weighted by atomic mass is 10.3. The van der Waals surface area contributed by atoms with E-state index in [2.05, 4.69) is 6.26 Å². The summed E-state index contributed by atoms with van der Waals surface area (Å²) in [7, 11) is -3.10. The van der Waals surface area contributed by atoms with E-state index in [0.29, 0.717) is 0 Å². The van der Waals surface area contributed by atoms with Crippen molar-refractivity contribution in [2.75, 3.05) is 11.5 Å². The SMILES string of the molecule is [CH2]S(=O)(=O)CC1=CCSC=C1. The van der Waals surface area contributed by atoms with Crippen LogP contribution in [0.3, 0.4) is 0 Å². The van der Waals surface area contributed by atoms with Gasteiger partial charge in [-0.15, -0.1) is 11.8 Å². The molecule has 0 unspecified atom stereocenters. The molecule has 1 aliphatic rings. The van der Waals surface area contributed by atoms with E-state index in [0.717, 1.165) is 11.3 Å². The van der Waals surface area contributed by atoms with E-state index in [1.54, 1.807) is 11.8 Å². The Kier molecular flexibility index (Phi) is 2.78. The Morgan fingerprint density at radius 2 is 2.36 bits per heavy atom. The molecule has 2 nitrogen and oxygen atoms in total. The average molecular weight is 189 g/mol. The number of thioether (sulfide) groups is 1. The van der Waals surface area contributed by atoms with Crippen LogP contribution in [-0.4, -0.2) is 19.9 Å². The Balaban J connectivity index is 2.64. The summed E-state index contributed by atoms with van der Waals surface area (Å²) in [5, 5.41) is 1.90. The predicted molar refractivity (Wildman–Crippen MR) is 48.8 cm³/mol. The third-order valence-electron chi connectivity index (χ3n) is 1.21. The first-order chi connectivity index (χ1) is 5.08. The van der Waals surface area contributed by atoms with Gasteiger partial charge in [0, 0.05) is 5.75 Å². The minimum Gasteiger partial charge on any atom is -0.228 e. The molecule has 1 radical (unpaired) electrons. The van der Waals surface area contributed by atoms with E-state index in [1.807, 2.05) is 17.6 Å². The Hall–Kier alpha value is -0.220. The zero-order valence-corrected chi connectivity index (χ0v) is 7.62. The van der Waals surface area contributed by atoms with Crippen LogP contribution < -0.4 is 0 Å². The number of hydrogen-bond acceptors (Lipinski definition) is 3. The minimum absolute atomic E-state index is 0.0596. The first-order valence-corrected chi connectivity index (χ1v) is 5.98. The second-order valence-corrected chi connectivity index (χ2v) is 5.02. The van der Waals surface area contributed by atoms with Gasteiger partial charge in [0.2, 0.25) is 0 Å². The fourth-order valence-electron chi connectivity index (χ4n) is 0.775. The molecular formula is C7H9O2S2. The number of allylic oxidation sites excluding steroid dienone is 1. The van der Waals surface area contributed by atoms with Crippen molar-refractivity contribution in [3.05, 3.63) is 29.4 Å². The van der Waals surface area contributed by atoms with Crippen LogP contribution in [0.2, 0.25) is 0 Å². The molecule has 0 aromatic carbocycles. The predicted octanol–water partition coefficient (Wildman–Crippen LogP) is 1.38. The van der Waals surface area contributed by atoms with Crippen LogP contribution >= 0.6 is 11.8 Å². The maximum atomic E-state index is 10.7. The Bertz CT molecular complexity index is 286. The monoisotopic (exact) mass is 189 g/mol.